The van der Waals surface area contributed by atoms with Gasteiger partial charge in [0.1, 0.15) is 6.04 Å². The van der Waals surface area contributed by atoms with E-state index in [1.165, 1.54) is 0 Å². The molecule has 0 aromatic rings. The fourth-order valence-electron chi connectivity index (χ4n) is 0.274. The Bertz CT molecular complexity index is 89.7. The van der Waals surface area contributed by atoms with E-state index in [0.717, 1.165) is 0 Å². The highest BCUT2D eigenvalue weighted by molar-refractivity contribution is 5.74. The minimum absolute atomic E-state index is 0. The molecule has 0 aliphatic carbocycles. The normalized spacial score (nSPS) is 11.4. The van der Waals surface area contributed by atoms with E-state index in [-0.39, 0.29) is 19.8 Å². The predicted molar refractivity (Wildman–Crippen MR) is 31.4 cm³/mol. The Morgan fingerprint density at radius 3 is 2.44 bits per heavy atom. The second-order valence-corrected chi connectivity index (χ2v) is 1.54. The Morgan fingerprint density at radius 2 is 2.33 bits per heavy atom. The van der Waals surface area contributed by atoms with Crippen LogP contribution in [0.15, 0.2) is 0 Å². The van der Waals surface area contributed by atoms with Gasteiger partial charge in [-0.3, -0.25) is 4.79 Å². The van der Waals surface area contributed by atoms with Gasteiger partial charge in [-0.25, -0.2) is 0 Å². The average Bonchev–Trinajstić information content (AvgIpc) is 1.67. The number of hydrogen-bond acceptors (Lipinski definition) is 3. The molecule has 2 N–H and O–H groups in total. The Morgan fingerprint density at radius 1 is 1.89 bits per heavy atom. The number of hydrogen-bond donors (Lipinski definition) is 1. The van der Waals surface area contributed by atoms with Crippen molar-refractivity contribution in [3.05, 3.63) is 0 Å². The van der Waals surface area contributed by atoms with Gasteiger partial charge in [0.05, 0.1) is 6.61 Å². The van der Waals surface area contributed by atoms with E-state index in [1.54, 1.807) is 13.8 Å². The lowest BCUT2D eigenvalue weighted by Gasteiger charge is -2.02. The predicted octanol–water partition coefficient (Wildman–Crippen LogP) is -2.99. The van der Waals surface area contributed by atoms with Crippen LogP contribution < -0.4 is 18.1 Å². The fraction of sp³-hybridized carbons (Fsp3) is 0.800. The summed E-state index contributed by atoms with van der Waals surface area (Å²) in [6.07, 6.45) is 0. The SMILES string of the molecule is CCOC(=O)C(C)N.[Cl-].[H+]. The first-order valence-electron chi connectivity index (χ1n) is 2.60. The highest BCUT2D eigenvalue weighted by Gasteiger charge is 2.05. The van der Waals surface area contributed by atoms with Crippen molar-refractivity contribution in [3.8, 4) is 0 Å². The van der Waals surface area contributed by atoms with Crippen LogP contribution in [0.4, 0.5) is 0 Å². The van der Waals surface area contributed by atoms with Gasteiger partial charge in [0.2, 0.25) is 0 Å². The summed E-state index contributed by atoms with van der Waals surface area (Å²) < 4.78 is 4.54. The molecule has 9 heavy (non-hydrogen) atoms. The molecule has 1 atom stereocenters. The molecule has 0 fully saturated rings. The smallest absolute Gasteiger partial charge is 1.00 e. The molecule has 4 heteroatoms. The largest absolute Gasteiger partial charge is 1.00 e. The molecule has 0 aromatic heterocycles. The highest BCUT2D eigenvalue weighted by atomic mass is 35.5. The van der Waals surface area contributed by atoms with Gasteiger partial charge in [-0.2, -0.15) is 0 Å². The second kappa shape index (κ2) is 5.85. The molecular formula is C5H12ClNO2. The van der Waals surface area contributed by atoms with Crippen molar-refractivity contribution in [2.24, 2.45) is 5.73 Å². The van der Waals surface area contributed by atoms with Crippen LogP contribution in [0.5, 0.6) is 0 Å². The van der Waals surface area contributed by atoms with Gasteiger partial charge in [0.15, 0.2) is 0 Å². The lowest BCUT2D eigenvalue weighted by Crippen LogP contribution is -3.00. The molecule has 0 rings (SSSR count). The number of ether oxygens (including phenoxy) is 1. The molecule has 3 nitrogen and oxygen atoms in total. The minimum Gasteiger partial charge on any atom is -1.00 e. The van der Waals surface area contributed by atoms with Crippen molar-refractivity contribution in [3.63, 3.8) is 0 Å². The standard InChI is InChI=1S/C5H11NO2.ClH/c1-3-8-5(7)4(2)6;/h4H,3,6H2,1-2H3;1H. The average molecular weight is 154 g/mol. The zero-order chi connectivity index (χ0) is 6.57. The molecule has 1 unspecified atom stereocenters. The molecule has 0 aromatic carbocycles. The number of carbonyl (C=O) groups excluding carboxylic acids is 1. The number of halogens is 1. The Balaban J connectivity index is -0.000000245. The third-order valence-corrected chi connectivity index (χ3v) is 0.658. The quantitative estimate of drug-likeness (QED) is 0.431. The van der Waals surface area contributed by atoms with Gasteiger partial charge in [-0.15, -0.1) is 0 Å². The third kappa shape index (κ3) is 5.59. The van der Waals surface area contributed by atoms with Gasteiger partial charge in [0, 0.05) is 0 Å². The first kappa shape index (κ1) is 11.5. The number of nitrogens with two attached hydrogens (primary N) is 1. The van der Waals surface area contributed by atoms with Gasteiger partial charge >= 0.3 is 7.40 Å². The summed E-state index contributed by atoms with van der Waals surface area (Å²) in [4.78, 5) is 10.4. The summed E-state index contributed by atoms with van der Waals surface area (Å²) in [7, 11) is 0. The Hall–Kier alpha value is -0.280. The molecule has 0 amide bonds. The van der Waals surface area contributed by atoms with Gasteiger partial charge < -0.3 is 22.9 Å². The lowest BCUT2D eigenvalue weighted by molar-refractivity contribution is -0.144. The molecule has 0 aliphatic heterocycles. The summed E-state index contributed by atoms with van der Waals surface area (Å²) in [5, 5.41) is 0. The van der Waals surface area contributed by atoms with Crippen LogP contribution in [0.3, 0.4) is 0 Å². The number of carbonyl (C=O) groups is 1. The Kier molecular flexibility index (Phi) is 7.48. The molecule has 0 bridgehead atoms. The van der Waals surface area contributed by atoms with E-state index < -0.39 is 6.04 Å². The summed E-state index contributed by atoms with van der Waals surface area (Å²) in [6, 6.07) is -0.491. The topological polar surface area (TPSA) is 52.3 Å². The molecule has 0 saturated carbocycles. The molecule has 0 heterocycles. The van der Waals surface area contributed by atoms with Crippen LogP contribution in [-0.2, 0) is 9.53 Å². The van der Waals surface area contributed by atoms with Crippen LogP contribution in [0.1, 0.15) is 15.3 Å². The van der Waals surface area contributed by atoms with E-state index in [4.69, 9.17) is 5.73 Å². The lowest BCUT2D eigenvalue weighted by atomic mass is 10.4. The maximum absolute atomic E-state index is 10.4. The van der Waals surface area contributed by atoms with Gasteiger partial charge in [-0.05, 0) is 13.8 Å². The molecule has 0 radical (unpaired) electrons. The second-order valence-electron chi connectivity index (χ2n) is 1.54. The zero-order valence-corrected chi connectivity index (χ0v) is 6.31. The fourth-order valence-corrected chi connectivity index (χ4v) is 0.274. The van der Waals surface area contributed by atoms with Crippen molar-refractivity contribution in [1.29, 1.82) is 0 Å². The van der Waals surface area contributed by atoms with Crippen molar-refractivity contribution in [2.75, 3.05) is 6.61 Å². The summed E-state index contributed by atoms with van der Waals surface area (Å²) in [5.41, 5.74) is 5.15. The molecular weight excluding hydrogens is 142 g/mol. The van der Waals surface area contributed by atoms with Crippen LogP contribution in [0, 0.1) is 0 Å². The first-order chi connectivity index (χ1) is 3.68. The van der Waals surface area contributed by atoms with Crippen molar-refractivity contribution in [2.45, 2.75) is 19.9 Å². The molecule has 0 spiro atoms. The van der Waals surface area contributed by atoms with Crippen molar-refractivity contribution in [1.82, 2.24) is 0 Å². The summed E-state index contributed by atoms with van der Waals surface area (Å²) >= 11 is 0. The first-order valence-corrected chi connectivity index (χ1v) is 2.60. The van der Waals surface area contributed by atoms with E-state index in [2.05, 4.69) is 4.74 Å². The van der Waals surface area contributed by atoms with Crippen molar-refractivity contribution < 1.29 is 23.4 Å². The van der Waals surface area contributed by atoms with Crippen molar-refractivity contribution >= 4 is 5.97 Å². The van der Waals surface area contributed by atoms with Crippen LogP contribution in [0.2, 0.25) is 0 Å². The summed E-state index contributed by atoms with van der Waals surface area (Å²) in [5.74, 6) is -0.340. The van der Waals surface area contributed by atoms with Crippen LogP contribution in [0.25, 0.3) is 0 Å². The zero-order valence-electron chi connectivity index (χ0n) is 6.56. The maximum atomic E-state index is 10.4. The van der Waals surface area contributed by atoms with Crippen LogP contribution >= 0.6 is 0 Å². The van der Waals surface area contributed by atoms with Crippen LogP contribution in [-0.4, -0.2) is 18.6 Å². The molecule has 0 saturated heterocycles. The van der Waals surface area contributed by atoms with E-state index in [1.807, 2.05) is 0 Å². The van der Waals surface area contributed by atoms with E-state index >= 15 is 0 Å². The maximum Gasteiger partial charge on any atom is 1.00 e. The molecule has 0 aliphatic rings. The minimum atomic E-state index is -0.491. The van der Waals surface area contributed by atoms with E-state index in [9.17, 15) is 4.79 Å². The number of rotatable bonds is 2. The summed E-state index contributed by atoms with van der Waals surface area (Å²) in [6.45, 7) is 3.75. The van der Waals surface area contributed by atoms with Gasteiger partial charge in [-0.1, -0.05) is 0 Å². The Labute approximate surface area is 62.5 Å². The monoisotopic (exact) mass is 153 g/mol. The third-order valence-electron chi connectivity index (χ3n) is 0.658. The van der Waals surface area contributed by atoms with E-state index in [0.29, 0.717) is 6.61 Å². The highest BCUT2D eigenvalue weighted by Crippen LogP contribution is 1.80. The number of esters is 1. The molecule has 56 valence electrons. The van der Waals surface area contributed by atoms with Gasteiger partial charge in [0.25, 0.3) is 0 Å².